The highest BCUT2D eigenvalue weighted by Crippen LogP contribution is 2.28. The Kier molecular flexibility index (Phi) is 5.90. The summed E-state index contributed by atoms with van der Waals surface area (Å²) in [6.07, 6.45) is 4.12. The topological polar surface area (TPSA) is 101 Å². The van der Waals surface area contributed by atoms with Crippen molar-refractivity contribution in [3.8, 4) is 22.9 Å². The van der Waals surface area contributed by atoms with E-state index in [0.29, 0.717) is 37.1 Å². The molecule has 1 fully saturated rings. The lowest BCUT2D eigenvalue weighted by molar-refractivity contribution is -0.145. The second-order valence-corrected chi connectivity index (χ2v) is 8.33. The molecule has 0 saturated heterocycles. The maximum atomic E-state index is 10.9. The fourth-order valence-electron chi connectivity index (χ4n) is 3.60. The van der Waals surface area contributed by atoms with Crippen LogP contribution in [0.2, 0.25) is 0 Å². The molecule has 30 heavy (non-hydrogen) atoms. The lowest BCUT2D eigenvalue weighted by atomic mass is 9.80. The summed E-state index contributed by atoms with van der Waals surface area (Å²) in [7, 11) is 0. The van der Waals surface area contributed by atoms with Gasteiger partial charge in [-0.1, -0.05) is 26.0 Å². The minimum Gasteiger partial charge on any atom is -0.481 e. The van der Waals surface area contributed by atoms with Gasteiger partial charge in [-0.15, -0.1) is 10.2 Å². The summed E-state index contributed by atoms with van der Waals surface area (Å²) in [5.74, 6) is 0.625. The van der Waals surface area contributed by atoms with Crippen LogP contribution in [0.3, 0.4) is 0 Å². The first-order valence-corrected chi connectivity index (χ1v) is 10.3. The summed E-state index contributed by atoms with van der Waals surface area (Å²) in [6, 6.07) is 12.3. The smallest absolute Gasteiger partial charge is 0.306 e. The minimum atomic E-state index is -0.707. The molecule has 0 aliphatic heterocycles. The first kappa shape index (κ1) is 20.2. The summed E-state index contributed by atoms with van der Waals surface area (Å²) >= 11 is 0. The Labute approximate surface area is 175 Å². The van der Waals surface area contributed by atoms with E-state index in [4.69, 9.17) is 9.52 Å². The molecule has 0 atom stereocenters. The van der Waals surface area contributed by atoms with Crippen molar-refractivity contribution in [2.24, 2.45) is 11.8 Å². The number of nitrogens with one attached hydrogen (secondary N) is 1. The molecule has 0 radical (unpaired) electrons. The number of aromatic nitrogens is 3. The van der Waals surface area contributed by atoms with Crippen molar-refractivity contribution < 1.29 is 14.3 Å². The van der Waals surface area contributed by atoms with E-state index >= 15 is 0 Å². The van der Waals surface area contributed by atoms with Crippen LogP contribution < -0.4 is 5.32 Å². The van der Waals surface area contributed by atoms with Gasteiger partial charge in [0.25, 0.3) is 0 Å². The largest absolute Gasteiger partial charge is 0.481 e. The molecule has 2 heterocycles. The normalized spacial score (nSPS) is 18.4. The van der Waals surface area contributed by atoms with E-state index in [2.05, 4.69) is 46.5 Å². The van der Waals surface area contributed by atoms with Crippen molar-refractivity contribution in [1.29, 1.82) is 0 Å². The predicted molar refractivity (Wildman–Crippen MR) is 112 cm³/mol. The quantitative estimate of drug-likeness (QED) is 0.584. The van der Waals surface area contributed by atoms with Crippen molar-refractivity contribution in [3.63, 3.8) is 0 Å². The number of rotatable bonds is 8. The molecular weight excluding hydrogens is 380 g/mol. The third-order valence-electron chi connectivity index (χ3n) is 5.40. The third kappa shape index (κ3) is 4.74. The number of benzene rings is 1. The Bertz CT molecular complexity index is 990. The molecule has 2 N–H and O–H groups in total. The molecule has 0 unspecified atom stereocenters. The summed E-state index contributed by atoms with van der Waals surface area (Å²) in [5.41, 5.74) is 3.85. The van der Waals surface area contributed by atoms with Gasteiger partial charge >= 0.3 is 5.97 Å². The van der Waals surface area contributed by atoms with Crippen molar-refractivity contribution in [3.05, 3.63) is 53.9 Å². The molecule has 1 aliphatic carbocycles. The van der Waals surface area contributed by atoms with Gasteiger partial charge in [0, 0.05) is 24.3 Å². The zero-order chi connectivity index (χ0) is 21.1. The lowest BCUT2D eigenvalue weighted by Crippen LogP contribution is -2.43. The van der Waals surface area contributed by atoms with E-state index in [0.717, 1.165) is 23.2 Å². The average molecular weight is 406 g/mol. The van der Waals surface area contributed by atoms with Crippen LogP contribution in [0.1, 0.15) is 37.9 Å². The Morgan fingerprint density at radius 2 is 1.77 bits per heavy atom. The molecule has 1 saturated carbocycles. The van der Waals surface area contributed by atoms with Gasteiger partial charge in [0.1, 0.15) is 0 Å². The highest BCUT2D eigenvalue weighted by Gasteiger charge is 2.33. The minimum absolute atomic E-state index is 0.212. The maximum Gasteiger partial charge on any atom is 0.306 e. The zero-order valence-electron chi connectivity index (χ0n) is 17.2. The second-order valence-electron chi connectivity index (χ2n) is 8.33. The predicted octanol–water partition coefficient (Wildman–Crippen LogP) is 3.95. The Morgan fingerprint density at radius 3 is 2.37 bits per heavy atom. The van der Waals surface area contributed by atoms with Crippen LogP contribution in [0.4, 0.5) is 0 Å². The number of pyridine rings is 1. The molecule has 0 amide bonds. The van der Waals surface area contributed by atoms with E-state index in [1.54, 1.807) is 6.20 Å². The monoisotopic (exact) mass is 406 g/mol. The Balaban J connectivity index is 1.35. The molecule has 1 aromatic carbocycles. The fourth-order valence-corrected chi connectivity index (χ4v) is 3.60. The molecule has 2 aromatic heterocycles. The van der Waals surface area contributed by atoms with Crippen molar-refractivity contribution in [2.75, 3.05) is 0 Å². The number of aliphatic carboxylic acids is 1. The van der Waals surface area contributed by atoms with Crippen LogP contribution in [0.25, 0.3) is 22.9 Å². The van der Waals surface area contributed by atoms with Gasteiger partial charge in [-0.25, -0.2) is 0 Å². The van der Waals surface area contributed by atoms with Crippen LogP contribution in [-0.2, 0) is 17.8 Å². The van der Waals surface area contributed by atoms with Crippen LogP contribution in [0.5, 0.6) is 0 Å². The van der Waals surface area contributed by atoms with Gasteiger partial charge in [0.2, 0.25) is 11.8 Å². The molecule has 4 rings (SSSR count). The number of hydrogen-bond donors (Lipinski definition) is 2. The highest BCUT2D eigenvalue weighted by atomic mass is 16.4. The van der Waals surface area contributed by atoms with Crippen LogP contribution >= 0.6 is 0 Å². The summed E-state index contributed by atoms with van der Waals surface area (Å²) in [4.78, 5) is 15.3. The standard InChI is InChI=1S/C23H26N4O3/c1-14(2)9-15-3-5-16(6-4-15)21-26-27-22(30-21)17-7-8-19(24-12-17)13-25-20-10-18(11-20)23(28)29/h3-8,12,14,18,20,25H,9-11,13H2,1-2H3,(H,28,29). The molecular formula is C23H26N4O3. The number of hydrogen-bond acceptors (Lipinski definition) is 6. The molecule has 1 aliphatic rings. The number of carbonyl (C=O) groups is 1. The second kappa shape index (κ2) is 8.75. The van der Waals surface area contributed by atoms with Gasteiger partial charge in [0.15, 0.2) is 0 Å². The van der Waals surface area contributed by atoms with Gasteiger partial charge < -0.3 is 14.8 Å². The molecule has 7 nitrogen and oxygen atoms in total. The van der Waals surface area contributed by atoms with Crippen LogP contribution in [-0.4, -0.2) is 32.3 Å². The summed E-state index contributed by atoms with van der Waals surface area (Å²) in [5, 5.41) is 20.6. The first-order valence-electron chi connectivity index (χ1n) is 10.3. The van der Waals surface area contributed by atoms with E-state index in [1.807, 2.05) is 24.3 Å². The maximum absolute atomic E-state index is 10.9. The van der Waals surface area contributed by atoms with E-state index < -0.39 is 5.97 Å². The number of carboxylic acid groups (broad SMARTS) is 1. The molecule has 0 bridgehead atoms. The molecule has 0 spiro atoms. The molecule has 156 valence electrons. The summed E-state index contributed by atoms with van der Waals surface area (Å²) < 4.78 is 5.84. The zero-order valence-corrected chi connectivity index (χ0v) is 17.2. The van der Waals surface area contributed by atoms with Crippen LogP contribution in [0.15, 0.2) is 47.0 Å². The Morgan fingerprint density at radius 1 is 1.10 bits per heavy atom. The molecule has 3 aromatic rings. The van der Waals surface area contributed by atoms with Gasteiger partial charge in [-0.2, -0.15) is 0 Å². The van der Waals surface area contributed by atoms with Crippen molar-refractivity contribution in [2.45, 2.75) is 45.7 Å². The first-order chi connectivity index (χ1) is 14.5. The van der Waals surface area contributed by atoms with E-state index in [9.17, 15) is 4.79 Å². The van der Waals surface area contributed by atoms with Crippen molar-refractivity contribution >= 4 is 5.97 Å². The Hall–Kier alpha value is -3.06. The highest BCUT2D eigenvalue weighted by molar-refractivity contribution is 5.71. The summed E-state index contributed by atoms with van der Waals surface area (Å²) in [6.45, 7) is 5.01. The molecule has 7 heteroatoms. The fraction of sp³-hybridized carbons (Fsp3) is 0.391. The van der Waals surface area contributed by atoms with Gasteiger partial charge in [-0.3, -0.25) is 9.78 Å². The van der Waals surface area contributed by atoms with Crippen LogP contribution in [0, 0.1) is 11.8 Å². The van der Waals surface area contributed by atoms with E-state index in [-0.39, 0.29) is 12.0 Å². The van der Waals surface area contributed by atoms with Gasteiger partial charge in [0.05, 0.1) is 17.2 Å². The lowest BCUT2D eigenvalue weighted by Gasteiger charge is -2.32. The van der Waals surface area contributed by atoms with Gasteiger partial charge in [-0.05, 0) is 55.0 Å². The third-order valence-corrected chi connectivity index (χ3v) is 5.40. The van der Waals surface area contributed by atoms with E-state index in [1.165, 1.54) is 5.56 Å². The van der Waals surface area contributed by atoms with Crippen molar-refractivity contribution in [1.82, 2.24) is 20.5 Å². The number of nitrogens with zero attached hydrogens (tertiary/aromatic N) is 3. The average Bonchev–Trinajstić information content (AvgIpc) is 3.17. The number of carboxylic acids is 1. The SMILES string of the molecule is CC(C)Cc1ccc(-c2nnc(-c3ccc(CNC4CC(C(=O)O)C4)nc3)o2)cc1.